The highest BCUT2D eigenvalue weighted by Crippen LogP contribution is 2.30. The van der Waals surface area contributed by atoms with Crippen molar-refractivity contribution in [2.75, 3.05) is 52.4 Å². The van der Waals surface area contributed by atoms with E-state index in [4.69, 9.17) is 39.2 Å². The number of carboxylic acid groups (broad SMARTS) is 2. The Bertz CT molecular complexity index is 1590. The van der Waals surface area contributed by atoms with Gasteiger partial charge in [0, 0.05) is 18.8 Å². The SMILES string of the molecule is CC(C)(C)OC(=O)N1CC(=O)C1.CC(C)(C)OC(=O)N1CC(C#N)(O[Si](C)(C)C)C1.CC(C)(C)OC(=O)N1CC(O)(C(=O)O)C1.C[Si](C)(C)C#N.O=C(O)C1(O)CNC1. The van der Waals surface area contributed by atoms with Gasteiger partial charge in [-0.3, -0.25) is 9.69 Å². The molecule has 0 radical (unpaired) electrons. The molecular formula is C37H66N6O14Si2. The number of ether oxygens (including phenoxy) is 3. The molecule has 59 heavy (non-hydrogen) atoms. The van der Waals surface area contributed by atoms with Crippen molar-refractivity contribution in [2.45, 2.75) is 135 Å². The highest BCUT2D eigenvalue weighted by atomic mass is 28.4. The second kappa shape index (κ2) is 20.3. The van der Waals surface area contributed by atoms with Gasteiger partial charge in [0.2, 0.25) is 0 Å². The van der Waals surface area contributed by atoms with Crippen molar-refractivity contribution in [2.24, 2.45) is 0 Å². The fourth-order valence-electron chi connectivity index (χ4n) is 4.29. The summed E-state index contributed by atoms with van der Waals surface area (Å²) in [6.07, 6.45) is -1.39. The third kappa shape index (κ3) is 21.0. The average molecular weight is 875 g/mol. The fourth-order valence-corrected chi connectivity index (χ4v) is 5.64. The summed E-state index contributed by atoms with van der Waals surface area (Å²) in [6, 6.07) is 2.18. The maximum absolute atomic E-state index is 11.8. The Morgan fingerprint density at radius 1 is 0.644 bits per heavy atom. The fraction of sp³-hybridized carbons (Fsp3) is 0.784. The lowest BCUT2D eigenvalue weighted by Crippen LogP contribution is -2.67. The molecule has 22 heteroatoms. The van der Waals surface area contributed by atoms with Crippen LogP contribution < -0.4 is 5.32 Å². The van der Waals surface area contributed by atoms with E-state index in [1.165, 1.54) is 9.80 Å². The molecule has 336 valence electrons. The molecule has 0 aliphatic carbocycles. The Morgan fingerprint density at radius 2 is 0.966 bits per heavy atom. The van der Waals surface area contributed by atoms with Gasteiger partial charge < -0.3 is 54.2 Å². The zero-order valence-electron chi connectivity index (χ0n) is 37.3. The van der Waals surface area contributed by atoms with E-state index < -0.39 is 74.1 Å². The minimum absolute atomic E-state index is 0.0841. The number of carbonyl (C=O) groups excluding carboxylic acids is 4. The molecule has 4 fully saturated rings. The summed E-state index contributed by atoms with van der Waals surface area (Å²) in [5, 5.41) is 55.0. The number of aliphatic hydroxyl groups is 2. The van der Waals surface area contributed by atoms with E-state index in [0.717, 1.165) is 4.90 Å². The van der Waals surface area contributed by atoms with E-state index in [1.54, 1.807) is 41.5 Å². The van der Waals surface area contributed by atoms with Gasteiger partial charge in [0.1, 0.15) is 22.9 Å². The Hall–Kier alpha value is -4.33. The Kier molecular flexibility index (Phi) is 18.8. The topological polar surface area (TPSA) is 290 Å². The van der Waals surface area contributed by atoms with Crippen LogP contribution in [0.3, 0.4) is 0 Å². The first-order valence-electron chi connectivity index (χ1n) is 18.8. The van der Waals surface area contributed by atoms with E-state index in [0.29, 0.717) is 13.1 Å². The summed E-state index contributed by atoms with van der Waals surface area (Å²) in [4.78, 5) is 69.4. The molecule has 0 aromatic rings. The minimum atomic E-state index is -1.81. The molecule has 4 aliphatic heterocycles. The first-order valence-corrected chi connectivity index (χ1v) is 25.7. The molecule has 0 saturated carbocycles. The molecule has 5 N–H and O–H groups in total. The van der Waals surface area contributed by atoms with Gasteiger partial charge in [-0.05, 0) is 82.0 Å². The molecule has 3 amide bonds. The van der Waals surface area contributed by atoms with Crippen LogP contribution in [0.5, 0.6) is 0 Å². The number of Topliss-reactive ketones (excluding diaryl/α,β-unsaturated/α-hetero) is 1. The summed E-state index contributed by atoms with van der Waals surface area (Å²) in [7, 11) is -3.12. The number of nitrogens with one attached hydrogen (secondary N) is 1. The second-order valence-corrected chi connectivity index (χ2v) is 28.7. The molecule has 4 aliphatic rings. The molecule has 20 nitrogen and oxygen atoms in total. The van der Waals surface area contributed by atoms with Gasteiger partial charge in [-0.25, -0.2) is 29.2 Å². The number of rotatable bonds is 4. The number of nitriles is 2. The molecule has 4 saturated heterocycles. The van der Waals surface area contributed by atoms with Crippen LogP contribution in [0.2, 0.25) is 39.3 Å². The third-order valence-electron chi connectivity index (χ3n) is 7.16. The highest BCUT2D eigenvalue weighted by molar-refractivity contribution is 6.83. The van der Waals surface area contributed by atoms with E-state index >= 15 is 0 Å². The lowest BCUT2D eigenvalue weighted by molar-refractivity contribution is -0.175. The van der Waals surface area contributed by atoms with Crippen molar-refractivity contribution in [3.05, 3.63) is 0 Å². The number of hydrogen-bond donors (Lipinski definition) is 5. The van der Waals surface area contributed by atoms with Gasteiger partial charge in [-0.15, -0.1) is 0 Å². The maximum atomic E-state index is 11.8. The molecule has 0 aromatic heterocycles. The molecule has 4 rings (SSSR count). The zero-order valence-corrected chi connectivity index (χ0v) is 39.3. The van der Waals surface area contributed by atoms with Crippen molar-refractivity contribution in [3.63, 3.8) is 0 Å². The lowest BCUT2D eigenvalue weighted by atomic mass is 9.95. The van der Waals surface area contributed by atoms with Gasteiger partial charge in [0.05, 0.1) is 39.3 Å². The predicted octanol–water partition coefficient (Wildman–Crippen LogP) is 3.00. The molecular weight excluding hydrogens is 809 g/mol. The Balaban J connectivity index is 0.000000746. The van der Waals surface area contributed by atoms with Gasteiger partial charge in [-0.2, -0.15) is 5.26 Å². The normalized spacial score (nSPS) is 18.5. The van der Waals surface area contributed by atoms with Crippen molar-refractivity contribution in [1.29, 1.82) is 10.5 Å². The number of amides is 3. The van der Waals surface area contributed by atoms with E-state index in [9.17, 15) is 39.1 Å². The van der Waals surface area contributed by atoms with Crippen LogP contribution in [0.15, 0.2) is 0 Å². The third-order valence-corrected chi connectivity index (χ3v) is 8.83. The maximum Gasteiger partial charge on any atom is 0.411 e. The first-order chi connectivity index (χ1) is 26.2. The largest absolute Gasteiger partial charge is 0.479 e. The summed E-state index contributed by atoms with van der Waals surface area (Å²) < 4.78 is 21.1. The van der Waals surface area contributed by atoms with Gasteiger partial charge in [0.15, 0.2) is 39.0 Å². The molecule has 0 atom stereocenters. The monoisotopic (exact) mass is 874 g/mol. The second-order valence-electron chi connectivity index (χ2n) is 19.5. The van der Waals surface area contributed by atoms with Crippen molar-refractivity contribution in [1.82, 2.24) is 20.0 Å². The summed E-state index contributed by atoms with van der Waals surface area (Å²) in [5.41, 5.74) is -3.48. The number of likely N-dealkylation sites (tertiary alicyclic amines) is 3. The molecule has 4 heterocycles. The number of aliphatic carboxylic acids is 2. The number of hydrogen-bond acceptors (Lipinski definition) is 15. The smallest absolute Gasteiger partial charge is 0.411 e. The number of carboxylic acids is 2. The summed E-state index contributed by atoms with van der Waals surface area (Å²) >= 11 is 0. The van der Waals surface area contributed by atoms with E-state index in [1.807, 2.05) is 60.1 Å². The lowest BCUT2D eigenvalue weighted by Gasteiger charge is -2.47. The van der Waals surface area contributed by atoms with Crippen molar-refractivity contribution < 1.29 is 67.8 Å². The quantitative estimate of drug-likeness (QED) is 0.200. The molecule has 0 bridgehead atoms. The summed E-state index contributed by atoms with van der Waals surface area (Å²) in [6.45, 7) is 29.0. The molecule has 0 unspecified atom stereocenters. The van der Waals surface area contributed by atoms with E-state index in [-0.39, 0.29) is 51.1 Å². The minimum Gasteiger partial charge on any atom is -0.479 e. The first kappa shape index (κ1) is 54.7. The predicted molar refractivity (Wildman–Crippen MR) is 218 cm³/mol. The van der Waals surface area contributed by atoms with Crippen LogP contribution in [0.25, 0.3) is 0 Å². The molecule has 0 aromatic carbocycles. The molecule has 0 spiro atoms. The van der Waals surface area contributed by atoms with Gasteiger partial charge >= 0.3 is 30.2 Å². The summed E-state index contributed by atoms with van der Waals surface area (Å²) in [5.74, 6) is -2.38. The van der Waals surface area contributed by atoms with Crippen LogP contribution in [-0.4, -0.2) is 173 Å². The Labute approximate surface area is 349 Å². The number of nitrogens with zero attached hydrogens (tertiary/aromatic N) is 5. The number of carbonyl (C=O) groups is 6. The van der Waals surface area contributed by atoms with Crippen molar-refractivity contribution in [3.8, 4) is 11.8 Å². The van der Waals surface area contributed by atoms with Crippen LogP contribution in [0.1, 0.15) is 62.3 Å². The number of β-amino-alcohol motifs (C(OH)–C–C–N with tert-alkyl or cyclic N) is 2. The van der Waals surface area contributed by atoms with Crippen molar-refractivity contribution >= 4 is 52.4 Å². The van der Waals surface area contributed by atoms with Crippen LogP contribution >= 0.6 is 0 Å². The Morgan fingerprint density at radius 3 is 1.17 bits per heavy atom. The highest BCUT2D eigenvalue weighted by Gasteiger charge is 2.52. The number of ketones is 1. The van der Waals surface area contributed by atoms with Gasteiger partial charge in [-0.1, -0.05) is 19.6 Å². The zero-order chi connectivity index (χ0) is 46.8. The average Bonchev–Trinajstić information content (AvgIpc) is 2.95. The van der Waals surface area contributed by atoms with Crippen LogP contribution in [-0.2, 0) is 33.0 Å². The standard InChI is InChI=1S/C12H22N2O3Si.C9H15NO5.C8H13NO3.C4H7NO3.C4H9NSi/c1-11(2,3)16-10(15)14-8-12(7-13,9-14)17-18(4,5)6;1-8(2,3)15-7(13)10-4-9(14,5-10)6(11)12;1-8(2,3)12-7(11)9-4-6(10)5-9;6-3(7)4(8)1-5-2-4;1-6(2,3)4-5/h8-9H2,1-6H3;14H,4-5H2,1-3H3,(H,11,12);4-5H2,1-3H3;5,8H,1-2H2,(H,6,7);1-3H3. The van der Waals surface area contributed by atoms with Crippen LogP contribution in [0.4, 0.5) is 14.4 Å². The van der Waals surface area contributed by atoms with E-state index in [2.05, 4.69) is 17.1 Å². The van der Waals surface area contributed by atoms with Gasteiger partial charge in [0.25, 0.3) is 0 Å². The van der Waals surface area contributed by atoms with Crippen LogP contribution in [0, 0.1) is 22.3 Å².